The molecule has 0 spiro atoms. The minimum absolute atomic E-state index is 0.125. The minimum Gasteiger partial charge on any atom is -0.392 e. The highest BCUT2D eigenvalue weighted by molar-refractivity contribution is 5.78. The van der Waals surface area contributed by atoms with Gasteiger partial charge >= 0.3 is 0 Å². The van der Waals surface area contributed by atoms with Crippen LogP contribution in [0.1, 0.15) is 38.5 Å². The van der Waals surface area contributed by atoms with Gasteiger partial charge in [0.15, 0.2) is 0 Å². The number of hydrogen-bond donors (Lipinski definition) is 2. The van der Waals surface area contributed by atoms with Crippen molar-refractivity contribution in [3.8, 4) is 0 Å². The predicted molar refractivity (Wildman–Crippen MR) is 62.1 cm³/mol. The zero-order valence-electron chi connectivity index (χ0n) is 9.82. The van der Waals surface area contributed by atoms with Gasteiger partial charge in [0.05, 0.1) is 12.6 Å². The van der Waals surface area contributed by atoms with Crippen molar-refractivity contribution < 1.29 is 9.90 Å². The largest absolute Gasteiger partial charge is 0.392 e. The van der Waals surface area contributed by atoms with Gasteiger partial charge in [0.1, 0.15) is 0 Å². The Morgan fingerprint density at radius 2 is 1.88 bits per heavy atom. The van der Waals surface area contributed by atoms with E-state index in [0.717, 1.165) is 51.6 Å². The van der Waals surface area contributed by atoms with Crippen LogP contribution in [0, 0.1) is 0 Å². The molecule has 2 aliphatic rings. The van der Waals surface area contributed by atoms with Crippen molar-refractivity contribution in [3.63, 3.8) is 0 Å². The van der Waals surface area contributed by atoms with Crippen LogP contribution in [0.3, 0.4) is 0 Å². The molecular formula is C12H22N2O2. The summed E-state index contributed by atoms with van der Waals surface area (Å²) in [4.78, 5) is 13.7. The third-order valence-corrected chi connectivity index (χ3v) is 3.70. The van der Waals surface area contributed by atoms with Gasteiger partial charge in [-0.1, -0.05) is 12.8 Å². The number of carbonyl (C=O) groups excluding carboxylic acids is 1. The van der Waals surface area contributed by atoms with E-state index >= 15 is 0 Å². The molecule has 1 saturated heterocycles. The second-order valence-corrected chi connectivity index (χ2v) is 4.93. The van der Waals surface area contributed by atoms with Crippen LogP contribution in [-0.4, -0.2) is 47.7 Å². The van der Waals surface area contributed by atoms with E-state index in [9.17, 15) is 9.90 Å². The van der Waals surface area contributed by atoms with Gasteiger partial charge in [-0.3, -0.25) is 4.79 Å². The number of hydrogen-bond acceptors (Lipinski definition) is 3. The Labute approximate surface area is 97.0 Å². The highest BCUT2D eigenvalue weighted by Crippen LogP contribution is 2.18. The maximum absolute atomic E-state index is 11.8. The third kappa shape index (κ3) is 2.95. The molecular weight excluding hydrogens is 204 g/mol. The van der Waals surface area contributed by atoms with Gasteiger partial charge in [-0.15, -0.1) is 0 Å². The van der Waals surface area contributed by atoms with E-state index in [2.05, 4.69) is 5.32 Å². The third-order valence-electron chi connectivity index (χ3n) is 3.70. The monoisotopic (exact) mass is 226 g/mol. The topological polar surface area (TPSA) is 52.6 Å². The van der Waals surface area contributed by atoms with Gasteiger partial charge in [0.2, 0.25) is 5.91 Å². The molecule has 0 radical (unpaired) electrons. The van der Waals surface area contributed by atoms with E-state index in [-0.39, 0.29) is 18.1 Å². The number of aliphatic hydroxyl groups is 1. The molecule has 2 rings (SSSR count). The van der Waals surface area contributed by atoms with Crippen LogP contribution in [0.15, 0.2) is 0 Å². The van der Waals surface area contributed by atoms with E-state index in [4.69, 9.17) is 0 Å². The van der Waals surface area contributed by atoms with E-state index in [0.29, 0.717) is 6.54 Å². The fourth-order valence-corrected chi connectivity index (χ4v) is 2.65. The maximum atomic E-state index is 11.8. The van der Waals surface area contributed by atoms with Crippen molar-refractivity contribution in [2.75, 3.05) is 19.6 Å². The molecule has 2 N–H and O–H groups in total. The summed E-state index contributed by atoms with van der Waals surface area (Å²) in [6.07, 6.45) is 6.14. The second-order valence-electron chi connectivity index (χ2n) is 4.93. The van der Waals surface area contributed by atoms with Gasteiger partial charge in [0, 0.05) is 19.1 Å². The van der Waals surface area contributed by atoms with Crippen LogP contribution >= 0.6 is 0 Å². The normalized spacial score (nSPS) is 30.7. The zero-order valence-corrected chi connectivity index (χ0v) is 9.82. The van der Waals surface area contributed by atoms with Gasteiger partial charge in [0.25, 0.3) is 0 Å². The average Bonchev–Trinajstić information content (AvgIpc) is 2.81. The first-order valence-electron chi connectivity index (χ1n) is 6.46. The Hall–Kier alpha value is -0.610. The number of aliphatic hydroxyl groups excluding tert-OH is 1. The molecule has 0 unspecified atom stereocenters. The Morgan fingerprint density at radius 1 is 1.19 bits per heavy atom. The first-order chi connectivity index (χ1) is 7.77. The standard InChI is InChI=1S/C12H22N2O2/c15-11-6-2-1-5-10(11)13-9-12(16)14-7-3-4-8-14/h10-11,13,15H,1-9H2/t10-,11-/m1/s1. The first kappa shape index (κ1) is 11.9. The SMILES string of the molecule is O=C(CN[C@@H]1CCCC[C@H]1O)N1CCCC1. The number of nitrogens with zero attached hydrogens (tertiary/aromatic N) is 1. The molecule has 16 heavy (non-hydrogen) atoms. The lowest BCUT2D eigenvalue weighted by Crippen LogP contribution is -2.46. The summed E-state index contributed by atoms with van der Waals surface area (Å²) in [5, 5.41) is 13.0. The zero-order chi connectivity index (χ0) is 11.4. The van der Waals surface area contributed by atoms with Crippen LogP contribution < -0.4 is 5.32 Å². The van der Waals surface area contributed by atoms with Crippen molar-refractivity contribution in [2.24, 2.45) is 0 Å². The van der Waals surface area contributed by atoms with Crippen molar-refractivity contribution in [2.45, 2.75) is 50.7 Å². The minimum atomic E-state index is -0.264. The summed E-state index contributed by atoms with van der Waals surface area (Å²) >= 11 is 0. The lowest BCUT2D eigenvalue weighted by molar-refractivity contribution is -0.129. The number of rotatable bonds is 3. The van der Waals surface area contributed by atoms with Crippen molar-refractivity contribution >= 4 is 5.91 Å². The number of amides is 1. The second kappa shape index (κ2) is 5.64. The van der Waals surface area contributed by atoms with Crippen LogP contribution in [0.25, 0.3) is 0 Å². The Morgan fingerprint density at radius 3 is 2.56 bits per heavy atom. The number of likely N-dealkylation sites (tertiary alicyclic amines) is 1. The smallest absolute Gasteiger partial charge is 0.236 e. The highest BCUT2D eigenvalue weighted by atomic mass is 16.3. The average molecular weight is 226 g/mol. The van der Waals surface area contributed by atoms with Gasteiger partial charge in [-0.2, -0.15) is 0 Å². The molecule has 0 aromatic rings. The summed E-state index contributed by atoms with van der Waals surface area (Å²) in [6.45, 7) is 2.21. The summed E-state index contributed by atoms with van der Waals surface area (Å²) in [5.74, 6) is 0.190. The molecule has 4 nitrogen and oxygen atoms in total. The van der Waals surface area contributed by atoms with Crippen LogP contribution in [0.5, 0.6) is 0 Å². The molecule has 2 atom stereocenters. The summed E-state index contributed by atoms with van der Waals surface area (Å²) in [7, 11) is 0. The molecule has 1 saturated carbocycles. The lowest BCUT2D eigenvalue weighted by atomic mass is 9.92. The van der Waals surface area contributed by atoms with E-state index < -0.39 is 0 Å². The van der Waals surface area contributed by atoms with Crippen molar-refractivity contribution in [1.29, 1.82) is 0 Å². The Bertz CT molecular complexity index is 239. The molecule has 4 heteroatoms. The van der Waals surface area contributed by atoms with Crippen molar-refractivity contribution in [3.05, 3.63) is 0 Å². The van der Waals surface area contributed by atoms with Crippen LogP contribution in [0.4, 0.5) is 0 Å². The Balaban J connectivity index is 1.71. The van der Waals surface area contributed by atoms with E-state index in [1.807, 2.05) is 4.90 Å². The Kier molecular flexibility index (Phi) is 4.18. The maximum Gasteiger partial charge on any atom is 0.236 e. The van der Waals surface area contributed by atoms with Crippen LogP contribution in [-0.2, 0) is 4.79 Å². The molecule has 2 fully saturated rings. The van der Waals surface area contributed by atoms with Gasteiger partial charge in [-0.25, -0.2) is 0 Å². The molecule has 1 aliphatic heterocycles. The highest BCUT2D eigenvalue weighted by Gasteiger charge is 2.24. The predicted octanol–water partition coefficient (Wildman–Crippen LogP) is 0.502. The summed E-state index contributed by atoms with van der Waals surface area (Å²) < 4.78 is 0. The van der Waals surface area contributed by atoms with E-state index in [1.165, 1.54) is 0 Å². The first-order valence-corrected chi connectivity index (χ1v) is 6.46. The molecule has 92 valence electrons. The molecule has 0 aromatic carbocycles. The lowest BCUT2D eigenvalue weighted by Gasteiger charge is -2.29. The number of nitrogens with one attached hydrogen (secondary N) is 1. The molecule has 1 amide bonds. The van der Waals surface area contributed by atoms with E-state index in [1.54, 1.807) is 0 Å². The van der Waals surface area contributed by atoms with Crippen molar-refractivity contribution in [1.82, 2.24) is 10.2 Å². The van der Waals surface area contributed by atoms with Gasteiger partial charge in [-0.05, 0) is 25.7 Å². The summed E-state index contributed by atoms with van der Waals surface area (Å²) in [5.41, 5.74) is 0. The molecule has 1 aliphatic carbocycles. The fraction of sp³-hybridized carbons (Fsp3) is 0.917. The fourth-order valence-electron chi connectivity index (χ4n) is 2.65. The summed E-state index contributed by atoms with van der Waals surface area (Å²) in [6, 6.07) is 0.125. The molecule has 0 bridgehead atoms. The van der Waals surface area contributed by atoms with Gasteiger partial charge < -0.3 is 15.3 Å². The molecule has 0 aromatic heterocycles. The number of carbonyl (C=O) groups is 1. The molecule has 1 heterocycles. The quantitative estimate of drug-likeness (QED) is 0.737. The van der Waals surface area contributed by atoms with Crippen LogP contribution in [0.2, 0.25) is 0 Å².